The Bertz CT molecular complexity index is 1880. The number of ether oxygens (including phenoxy) is 4. The molecule has 3 aliphatic heterocycles. The summed E-state index contributed by atoms with van der Waals surface area (Å²) in [5.41, 5.74) is 12.3. The molecule has 242 valence electrons. The van der Waals surface area contributed by atoms with E-state index in [1.54, 1.807) is 0 Å². The number of nitrogens with zero attached hydrogens (tertiary/aromatic N) is 8. The van der Waals surface area contributed by atoms with Crippen LogP contribution in [0.3, 0.4) is 0 Å². The third-order valence-electron chi connectivity index (χ3n) is 7.47. The third-order valence-corrected chi connectivity index (χ3v) is 9.54. The first-order valence-corrected chi connectivity index (χ1v) is 16.6. The van der Waals surface area contributed by atoms with Crippen LogP contribution in [-0.2, 0) is 37.1 Å². The van der Waals surface area contributed by atoms with Gasteiger partial charge in [-0.3, -0.25) is 27.3 Å². The Balaban J connectivity index is 1.24. The van der Waals surface area contributed by atoms with Gasteiger partial charge in [0.2, 0.25) is 0 Å². The summed E-state index contributed by atoms with van der Waals surface area (Å²) >= 11 is 0. The highest BCUT2D eigenvalue weighted by molar-refractivity contribution is 7.52. The highest BCUT2D eigenvalue weighted by Crippen LogP contribution is 2.55. The molecule has 4 bridgehead atoms. The van der Waals surface area contributed by atoms with Gasteiger partial charge in [0, 0.05) is 0 Å². The minimum absolute atomic E-state index is 0.0262. The molecular weight excluding hydrogens is 646 g/mol. The van der Waals surface area contributed by atoms with Gasteiger partial charge in [0.05, 0.1) is 12.7 Å². The van der Waals surface area contributed by atoms with Crippen molar-refractivity contribution in [1.29, 1.82) is 0 Å². The molecule has 24 heteroatoms. The van der Waals surface area contributed by atoms with Crippen molar-refractivity contribution in [3.8, 4) is 0 Å². The average Bonchev–Trinajstić information content (AvgIpc) is 3.73. The Kier molecular flexibility index (Phi) is 7.20. The molecule has 3 fully saturated rings. The monoisotopic (exact) mass is 672 g/mol. The summed E-state index contributed by atoms with van der Waals surface area (Å²) in [6.07, 6.45) is -8.87. The van der Waals surface area contributed by atoms with Gasteiger partial charge in [-0.15, -0.1) is 0 Å². The van der Waals surface area contributed by atoms with Crippen molar-refractivity contribution in [2.45, 2.75) is 55.9 Å². The van der Waals surface area contributed by atoms with Gasteiger partial charge in [-0.05, 0) is 6.92 Å². The molecule has 8 N–H and O–H groups in total. The third kappa shape index (κ3) is 5.18. The summed E-state index contributed by atoms with van der Waals surface area (Å²) in [6, 6.07) is 0. The van der Waals surface area contributed by atoms with Gasteiger partial charge in [-0.1, -0.05) is 0 Å². The standard InChI is InChI=1S/C21H26N10O12P2/c1-21-13(33)12(19(41-21)31-5-29-9-15(23)25-3-27-17(9)31)43-44(34,35)6-38-20-10(32)11(42-45(36,37)7-39-21)18(40-20)30-4-28-8-14(22)24-2-26-16(8)30/h2-5,10-13,18-20,32-33H,6-7H2,1H3,(H,34,35)(H,36,37)(H2,22,24,26)(H2,23,25,27)/t10?,11?,12?,13?,18-,19-,20+,21+/m1/s1. The molecule has 6 unspecified atom stereocenters. The van der Waals surface area contributed by atoms with Gasteiger partial charge in [-0.25, -0.2) is 29.9 Å². The van der Waals surface area contributed by atoms with Crippen LogP contribution < -0.4 is 11.5 Å². The number of rotatable bonds is 2. The van der Waals surface area contributed by atoms with Crippen molar-refractivity contribution < 1.29 is 57.1 Å². The molecular formula is C21H26N10O12P2. The van der Waals surface area contributed by atoms with Crippen LogP contribution in [0, 0.1) is 0 Å². The lowest BCUT2D eigenvalue weighted by atomic mass is 10.1. The van der Waals surface area contributed by atoms with Gasteiger partial charge in [0.1, 0.15) is 48.1 Å². The van der Waals surface area contributed by atoms with Gasteiger partial charge in [0.25, 0.3) is 0 Å². The molecule has 45 heavy (non-hydrogen) atoms. The van der Waals surface area contributed by atoms with E-state index >= 15 is 0 Å². The molecule has 7 heterocycles. The summed E-state index contributed by atoms with van der Waals surface area (Å²) in [7, 11) is -9.61. The lowest BCUT2D eigenvalue weighted by Gasteiger charge is -2.30. The van der Waals surface area contributed by atoms with E-state index in [2.05, 4.69) is 29.9 Å². The lowest BCUT2D eigenvalue weighted by Crippen LogP contribution is -2.44. The van der Waals surface area contributed by atoms with Crippen LogP contribution >= 0.6 is 15.2 Å². The summed E-state index contributed by atoms with van der Waals surface area (Å²) < 4.78 is 63.0. The number of aliphatic hydroxyl groups excluding tert-OH is 2. The predicted octanol–water partition coefficient (Wildman–Crippen LogP) is -1.24. The molecule has 0 radical (unpaired) electrons. The number of aromatic nitrogens is 8. The maximum atomic E-state index is 13.4. The number of aliphatic hydroxyl groups is 2. The second-order valence-corrected chi connectivity index (χ2v) is 14.0. The molecule has 22 nitrogen and oxygen atoms in total. The number of hydrogen-bond acceptors (Lipinski definition) is 18. The number of fused-ring (bicyclic) bond motifs is 6. The number of nitrogens with two attached hydrogens (primary N) is 2. The number of anilines is 2. The first kappa shape index (κ1) is 30.4. The molecule has 0 spiro atoms. The highest BCUT2D eigenvalue weighted by Gasteiger charge is 2.58. The topological polar surface area (TPSA) is 310 Å². The van der Waals surface area contributed by atoms with E-state index in [-0.39, 0.29) is 34.0 Å². The SMILES string of the molecule is C[C@@]12OCP(=O)(O)OC3C(O)[C@@H](OCP(=O)(O)OC(C1O)[C@H](n1cnc4c(N)ncnc41)O2)O[C@H]3n1cnc2c(N)ncnc21. The van der Waals surface area contributed by atoms with E-state index in [9.17, 15) is 29.1 Å². The van der Waals surface area contributed by atoms with Crippen molar-refractivity contribution in [2.75, 3.05) is 24.2 Å². The van der Waals surface area contributed by atoms with E-state index in [1.807, 2.05) is 0 Å². The van der Waals surface area contributed by atoms with E-state index in [0.717, 1.165) is 12.7 Å². The van der Waals surface area contributed by atoms with Gasteiger partial charge >= 0.3 is 15.2 Å². The smallest absolute Gasteiger partial charge is 0.354 e. The van der Waals surface area contributed by atoms with Gasteiger partial charge in [-0.2, -0.15) is 0 Å². The Morgan fingerprint density at radius 1 is 0.844 bits per heavy atom. The maximum Gasteiger partial charge on any atom is 0.354 e. The van der Waals surface area contributed by atoms with Crippen LogP contribution in [0.5, 0.6) is 0 Å². The Hall–Kier alpha value is -3.24. The molecule has 0 saturated carbocycles. The highest BCUT2D eigenvalue weighted by atomic mass is 31.2. The first-order chi connectivity index (χ1) is 21.3. The zero-order chi connectivity index (χ0) is 31.9. The van der Waals surface area contributed by atoms with Crippen molar-refractivity contribution in [1.82, 2.24) is 39.0 Å². The summed E-state index contributed by atoms with van der Waals surface area (Å²) in [4.78, 5) is 45.9. The van der Waals surface area contributed by atoms with Crippen molar-refractivity contribution in [3.63, 3.8) is 0 Å². The van der Waals surface area contributed by atoms with E-state index in [1.165, 1.54) is 28.7 Å². The van der Waals surface area contributed by atoms with Gasteiger partial charge in [0.15, 0.2) is 60.2 Å². The Labute approximate surface area is 250 Å². The van der Waals surface area contributed by atoms with Crippen LogP contribution in [0.2, 0.25) is 0 Å². The molecule has 3 aliphatic rings. The molecule has 4 aromatic heterocycles. The molecule has 0 aromatic carbocycles. The molecule has 0 aliphatic carbocycles. The molecule has 10 atom stereocenters. The van der Waals surface area contributed by atoms with Crippen LogP contribution in [0.15, 0.2) is 25.3 Å². The van der Waals surface area contributed by atoms with Crippen molar-refractivity contribution >= 4 is 49.2 Å². The Morgan fingerprint density at radius 3 is 2.02 bits per heavy atom. The lowest BCUT2D eigenvalue weighted by molar-refractivity contribution is -0.248. The van der Waals surface area contributed by atoms with Crippen LogP contribution in [0.25, 0.3) is 22.3 Å². The summed E-state index contributed by atoms with van der Waals surface area (Å²) in [5, 5.41) is 22.3. The number of nitrogen functional groups attached to an aromatic ring is 2. The van der Waals surface area contributed by atoms with E-state index < -0.39 is 76.8 Å². The second kappa shape index (κ2) is 10.7. The maximum absolute atomic E-state index is 13.4. The average molecular weight is 672 g/mol. The fraction of sp³-hybridized carbons (Fsp3) is 0.524. The van der Waals surface area contributed by atoms with Crippen LogP contribution in [0.4, 0.5) is 11.6 Å². The largest absolute Gasteiger partial charge is 0.385 e. The normalized spacial score (nSPS) is 39.4. The minimum Gasteiger partial charge on any atom is -0.385 e. The quantitative estimate of drug-likeness (QED) is 0.136. The summed E-state index contributed by atoms with van der Waals surface area (Å²) in [5.74, 6) is -2.07. The second-order valence-electron chi connectivity index (χ2n) is 10.5. The predicted molar refractivity (Wildman–Crippen MR) is 145 cm³/mol. The Morgan fingerprint density at radius 2 is 1.40 bits per heavy atom. The van der Waals surface area contributed by atoms with E-state index in [4.69, 9.17) is 39.5 Å². The van der Waals surface area contributed by atoms with Gasteiger partial charge < -0.3 is 50.4 Å². The molecule has 3 saturated heterocycles. The number of hydrogen-bond donors (Lipinski definition) is 6. The first-order valence-electron chi connectivity index (χ1n) is 13.1. The molecule has 7 rings (SSSR count). The fourth-order valence-corrected chi connectivity index (χ4v) is 7.39. The zero-order valence-electron chi connectivity index (χ0n) is 22.9. The molecule has 4 aromatic rings. The number of imidazole rings is 2. The van der Waals surface area contributed by atoms with Crippen LogP contribution in [0.1, 0.15) is 19.4 Å². The van der Waals surface area contributed by atoms with E-state index in [0.29, 0.717) is 0 Å². The fourth-order valence-electron chi connectivity index (χ4n) is 5.30. The minimum atomic E-state index is -4.81. The van der Waals surface area contributed by atoms with Crippen LogP contribution in [-0.4, -0.2) is 108 Å². The van der Waals surface area contributed by atoms with Crippen molar-refractivity contribution in [2.24, 2.45) is 0 Å². The zero-order valence-corrected chi connectivity index (χ0v) is 24.7. The van der Waals surface area contributed by atoms with Crippen molar-refractivity contribution in [3.05, 3.63) is 25.3 Å². The summed E-state index contributed by atoms with van der Waals surface area (Å²) in [6.45, 7) is 1.22. The molecule has 0 amide bonds.